The van der Waals surface area contributed by atoms with Crippen LogP contribution in [0.1, 0.15) is 11.6 Å². The number of morpholine rings is 1. The first-order valence-corrected chi connectivity index (χ1v) is 10.2. The van der Waals surface area contributed by atoms with Gasteiger partial charge in [0.1, 0.15) is 23.1 Å². The van der Waals surface area contributed by atoms with Crippen LogP contribution in [0.25, 0.3) is 17.0 Å². The fourth-order valence-electron chi connectivity index (χ4n) is 3.87. The van der Waals surface area contributed by atoms with E-state index < -0.39 is 0 Å². The molecule has 1 saturated heterocycles. The Bertz CT molecular complexity index is 1220. The second-order valence-corrected chi connectivity index (χ2v) is 7.72. The van der Waals surface area contributed by atoms with E-state index in [2.05, 4.69) is 9.88 Å². The molecular formula is C23H23FN6O. The molecule has 4 aromatic rings. The summed E-state index contributed by atoms with van der Waals surface area (Å²) in [6.07, 6.45) is 1.79. The Kier molecular flexibility index (Phi) is 4.99. The molecule has 0 radical (unpaired) electrons. The van der Waals surface area contributed by atoms with E-state index in [9.17, 15) is 4.39 Å². The number of nitrogens with zero attached hydrogens (tertiary/aromatic N) is 6. The second-order valence-electron chi connectivity index (χ2n) is 7.72. The summed E-state index contributed by atoms with van der Waals surface area (Å²) in [5.41, 5.74) is 3.22. The fraction of sp³-hybridized carbons (Fsp3) is 0.261. The first-order valence-electron chi connectivity index (χ1n) is 10.2. The van der Waals surface area contributed by atoms with Crippen molar-refractivity contribution in [3.63, 3.8) is 0 Å². The van der Waals surface area contributed by atoms with Crippen molar-refractivity contribution in [2.24, 2.45) is 0 Å². The number of rotatable bonds is 4. The maximum absolute atomic E-state index is 13.9. The van der Waals surface area contributed by atoms with E-state index >= 15 is 0 Å². The van der Waals surface area contributed by atoms with Crippen LogP contribution in [0, 0.1) is 5.82 Å². The number of aromatic nitrogens is 4. The highest BCUT2D eigenvalue weighted by Crippen LogP contribution is 2.30. The zero-order chi connectivity index (χ0) is 21.4. The van der Waals surface area contributed by atoms with Crippen molar-refractivity contribution in [1.82, 2.24) is 19.6 Å². The van der Waals surface area contributed by atoms with Gasteiger partial charge in [-0.05, 0) is 42.0 Å². The summed E-state index contributed by atoms with van der Waals surface area (Å²) in [6.45, 7) is 1.74. The average Bonchev–Trinajstić information content (AvgIpc) is 3.22. The monoisotopic (exact) mass is 418 g/mol. The van der Waals surface area contributed by atoms with Crippen molar-refractivity contribution < 1.29 is 9.13 Å². The molecule has 1 atom stereocenters. The van der Waals surface area contributed by atoms with Gasteiger partial charge >= 0.3 is 0 Å². The summed E-state index contributed by atoms with van der Waals surface area (Å²) in [7, 11) is 3.92. The van der Waals surface area contributed by atoms with Crippen molar-refractivity contribution in [3.8, 4) is 11.4 Å². The van der Waals surface area contributed by atoms with Crippen molar-refractivity contribution in [2.75, 3.05) is 43.7 Å². The van der Waals surface area contributed by atoms with Gasteiger partial charge in [-0.2, -0.15) is 0 Å². The lowest BCUT2D eigenvalue weighted by Gasteiger charge is -2.36. The average molecular weight is 418 g/mol. The highest BCUT2D eigenvalue weighted by Gasteiger charge is 2.27. The summed E-state index contributed by atoms with van der Waals surface area (Å²) < 4.78 is 21.4. The Balaban J connectivity index is 1.56. The molecule has 1 fully saturated rings. The van der Waals surface area contributed by atoms with E-state index in [0.717, 1.165) is 34.2 Å². The Morgan fingerprint density at radius 1 is 1.10 bits per heavy atom. The fourth-order valence-corrected chi connectivity index (χ4v) is 3.87. The van der Waals surface area contributed by atoms with E-state index in [1.54, 1.807) is 18.3 Å². The molecule has 0 bridgehead atoms. The van der Waals surface area contributed by atoms with Crippen LogP contribution in [0.5, 0.6) is 0 Å². The van der Waals surface area contributed by atoms with Gasteiger partial charge in [0.05, 0.1) is 31.1 Å². The summed E-state index contributed by atoms with van der Waals surface area (Å²) >= 11 is 0. The molecule has 0 aliphatic carbocycles. The normalized spacial score (nSPS) is 16.6. The third kappa shape index (κ3) is 3.70. The molecule has 1 aromatic carbocycles. The molecule has 1 unspecified atom stereocenters. The largest absolute Gasteiger partial charge is 0.377 e. The highest BCUT2D eigenvalue weighted by molar-refractivity contribution is 5.62. The molecule has 31 heavy (non-hydrogen) atoms. The molecule has 1 aliphatic rings. The summed E-state index contributed by atoms with van der Waals surface area (Å²) in [4.78, 5) is 13.3. The van der Waals surface area contributed by atoms with Crippen LogP contribution in [0.2, 0.25) is 0 Å². The minimum Gasteiger partial charge on any atom is -0.377 e. The number of imidazole rings is 1. The van der Waals surface area contributed by atoms with Gasteiger partial charge in [0, 0.05) is 20.6 Å². The van der Waals surface area contributed by atoms with Crippen molar-refractivity contribution >= 4 is 17.3 Å². The molecule has 1 aliphatic heterocycles. The summed E-state index contributed by atoms with van der Waals surface area (Å²) in [6, 6.07) is 16.3. The number of halogens is 1. The molecule has 0 saturated carbocycles. The quantitative estimate of drug-likeness (QED) is 0.505. The van der Waals surface area contributed by atoms with E-state index in [1.165, 1.54) is 6.07 Å². The topological polar surface area (TPSA) is 58.8 Å². The van der Waals surface area contributed by atoms with Gasteiger partial charge in [0.25, 0.3) is 0 Å². The van der Waals surface area contributed by atoms with E-state index in [4.69, 9.17) is 14.8 Å². The second kappa shape index (κ2) is 7.96. The molecule has 0 N–H and O–H groups in total. The zero-order valence-electron chi connectivity index (χ0n) is 17.4. The predicted octanol–water partition coefficient (Wildman–Crippen LogP) is 3.57. The number of pyridine rings is 1. The maximum atomic E-state index is 13.9. The van der Waals surface area contributed by atoms with Gasteiger partial charge in [-0.3, -0.25) is 0 Å². The molecule has 5 rings (SSSR count). The van der Waals surface area contributed by atoms with E-state index in [1.807, 2.05) is 59.9 Å². The summed E-state index contributed by atoms with van der Waals surface area (Å²) in [5.74, 6) is 1.39. The minimum atomic E-state index is -0.254. The number of benzene rings is 1. The lowest BCUT2D eigenvalue weighted by atomic mass is 10.0. The zero-order valence-corrected chi connectivity index (χ0v) is 17.4. The number of anilines is 2. The summed E-state index contributed by atoms with van der Waals surface area (Å²) in [5, 5.41) is 4.89. The standard InChI is InChI=1S/C23H23FN6O/c1-28(2)22-8-4-7-18(26-22)19-14-25-21-9-10-23(27-30(19)21)29-11-12-31-15-20(29)16-5-3-6-17(24)13-16/h3-10,13-14,20H,11-12,15H2,1-2H3. The van der Waals surface area contributed by atoms with Crippen LogP contribution < -0.4 is 9.80 Å². The van der Waals surface area contributed by atoms with Gasteiger partial charge in [-0.15, -0.1) is 5.10 Å². The molecule has 158 valence electrons. The van der Waals surface area contributed by atoms with E-state index in [-0.39, 0.29) is 11.9 Å². The number of hydrogen-bond donors (Lipinski definition) is 0. The molecule has 0 amide bonds. The van der Waals surface area contributed by atoms with Crippen LogP contribution in [0.3, 0.4) is 0 Å². The first kappa shape index (κ1) is 19.4. The van der Waals surface area contributed by atoms with Crippen molar-refractivity contribution in [1.29, 1.82) is 0 Å². The molecular weight excluding hydrogens is 395 g/mol. The third-order valence-electron chi connectivity index (χ3n) is 5.46. The van der Waals surface area contributed by atoms with Gasteiger partial charge in [0.2, 0.25) is 0 Å². The van der Waals surface area contributed by atoms with Gasteiger partial charge in [0.15, 0.2) is 5.65 Å². The SMILES string of the molecule is CN(C)c1cccc(-c2cnc3ccc(N4CCOCC4c4cccc(F)c4)nn23)n1. The smallest absolute Gasteiger partial charge is 0.154 e. The van der Waals surface area contributed by atoms with Crippen molar-refractivity contribution in [3.05, 3.63) is 72.2 Å². The van der Waals surface area contributed by atoms with Gasteiger partial charge in [-0.1, -0.05) is 18.2 Å². The van der Waals surface area contributed by atoms with Gasteiger partial charge < -0.3 is 14.5 Å². The van der Waals surface area contributed by atoms with Crippen LogP contribution in [0.4, 0.5) is 16.0 Å². The third-order valence-corrected chi connectivity index (χ3v) is 5.46. The number of ether oxygens (including phenoxy) is 1. The lowest BCUT2D eigenvalue weighted by Crippen LogP contribution is -2.40. The minimum absolute atomic E-state index is 0.114. The van der Waals surface area contributed by atoms with Crippen molar-refractivity contribution in [2.45, 2.75) is 6.04 Å². The molecule has 3 aromatic heterocycles. The Morgan fingerprint density at radius 2 is 1.97 bits per heavy atom. The number of fused-ring (bicyclic) bond motifs is 1. The van der Waals surface area contributed by atoms with Crippen LogP contribution in [-0.2, 0) is 4.74 Å². The molecule has 8 heteroatoms. The predicted molar refractivity (Wildman–Crippen MR) is 118 cm³/mol. The lowest BCUT2D eigenvalue weighted by molar-refractivity contribution is 0.0935. The Labute approximate surface area is 179 Å². The Hall–Kier alpha value is -3.52. The maximum Gasteiger partial charge on any atom is 0.154 e. The first-order chi connectivity index (χ1) is 15.1. The molecule has 0 spiro atoms. The molecule has 4 heterocycles. The van der Waals surface area contributed by atoms with Gasteiger partial charge in [-0.25, -0.2) is 18.9 Å². The highest BCUT2D eigenvalue weighted by atomic mass is 19.1. The van der Waals surface area contributed by atoms with Crippen LogP contribution >= 0.6 is 0 Å². The van der Waals surface area contributed by atoms with Crippen LogP contribution in [-0.4, -0.2) is 53.4 Å². The number of hydrogen-bond acceptors (Lipinski definition) is 6. The molecule has 7 nitrogen and oxygen atoms in total. The van der Waals surface area contributed by atoms with Crippen LogP contribution in [0.15, 0.2) is 60.8 Å². The Morgan fingerprint density at radius 3 is 2.81 bits per heavy atom. The van der Waals surface area contributed by atoms with E-state index in [0.29, 0.717) is 19.8 Å².